The molecule has 0 heterocycles. The van der Waals surface area contributed by atoms with Gasteiger partial charge in [-0.15, -0.1) is 11.6 Å². The highest BCUT2D eigenvalue weighted by Crippen LogP contribution is 2.12. The lowest BCUT2D eigenvalue weighted by Gasteiger charge is -2.16. The van der Waals surface area contributed by atoms with Crippen LogP contribution < -0.4 is 0 Å². The highest BCUT2D eigenvalue weighted by atomic mass is 35.5. The Balaban J connectivity index is 2.25. The van der Waals surface area contributed by atoms with Gasteiger partial charge in [-0.05, 0) is 44.1 Å². The molecular formula is C13H19Cl2N. The van der Waals surface area contributed by atoms with Gasteiger partial charge in [0.1, 0.15) is 0 Å². The van der Waals surface area contributed by atoms with Crippen LogP contribution in [0.4, 0.5) is 0 Å². The standard InChI is InChI=1S/C13H19Cl2N/c1-16(9-4-2-3-8-14)11-12-6-5-7-13(15)10-12/h5-7,10H,2-4,8-9,11H2,1H3. The van der Waals surface area contributed by atoms with Gasteiger partial charge in [-0.25, -0.2) is 0 Å². The van der Waals surface area contributed by atoms with E-state index < -0.39 is 0 Å². The van der Waals surface area contributed by atoms with E-state index in [2.05, 4.69) is 18.0 Å². The number of hydrogen-bond donors (Lipinski definition) is 0. The average Bonchev–Trinajstić information content (AvgIpc) is 2.24. The average molecular weight is 260 g/mol. The summed E-state index contributed by atoms with van der Waals surface area (Å²) in [6.45, 7) is 2.07. The molecule has 16 heavy (non-hydrogen) atoms. The monoisotopic (exact) mass is 259 g/mol. The Morgan fingerprint density at radius 3 is 2.69 bits per heavy atom. The molecule has 0 aliphatic carbocycles. The van der Waals surface area contributed by atoms with E-state index >= 15 is 0 Å². The minimum absolute atomic E-state index is 0.776. The smallest absolute Gasteiger partial charge is 0.0409 e. The number of rotatable bonds is 7. The maximum atomic E-state index is 5.94. The van der Waals surface area contributed by atoms with Gasteiger partial charge in [0.2, 0.25) is 0 Å². The number of hydrogen-bond acceptors (Lipinski definition) is 1. The van der Waals surface area contributed by atoms with Crippen molar-refractivity contribution in [2.75, 3.05) is 19.5 Å². The van der Waals surface area contributed by atoms with Crippen molar-refractivity contribution < 1.29 is 0 Å². The summed E-state index contributed by atoms with van der Waals surface area (Å²) in [5.74, 6) is 0.776. The summed E-state index contributed by atoms with van der Waals surface area (Å²) in [7, 11) is 2.14. The molecule has 0 saturated heterocycles. The molecule has 1 aromatic carbocycles. The van der Waals surface area contributed by atoms with Crippen LogP contribution >= 0.6 is 23.2 Å². The number of halogens is 2. The van der Waals surface area contributed by atoms with Crippen molar-refractivity contribution in [3.63, 3.8) is 0 Å². The molecule has 0 amide bonds. The fraction of sp³-hybridized carbons (Fsp3) is 0.538. The van der Waals surface area contributed by atoms with Gasteiger partial charge in [0.25, 0.3) is 0 Å². The first kappa shape index (κ1) is 13.8. The van der Waals surface area contributed by atoms with Gasteiger partial charge in [-0.1, -0.05) is 30.2 Å². The molecule has 0 aromatic heterocycles. The van der Waals surface area contributed by atoms with Gasteiger partial charge >= 0.3 is 0 Å². The van der Waals surface area contributed by atoms with Crippen LogP contribution in [0.1, 0.15) is 24.8 Å². The summed E-state index contributed by atoms with van der Waals surface area (Å²) in [5, 5.41) is 0.813. The van der Waals surface area contributed by atoms with Gasteiger partial charge in [-0.2, -0.15) is 0 Å². The molecule has 0 radical (unpaired) electrons. The minimum Gasteiger partial charge on any atom is -0.302 e. The molecule has 0 aliphatic heterocycles. The predicted molar refractivity (Wildman–Crippen MR) is 72.4 cm³/mol. The first-order valence-electron chi connectivity index (χ1n) is 5.71. The van der Waals surface area contributed by atoms with Crippen LogP contribution in [0.2, 0.25) is 5.02 Å². The first-order chi connectivity index (χ1) is 7.72. The molecule has 1 nitrogen and oxygen atoms in total. The normalized spacial score (nSPS) is 11.0. The van der Waals surface area contributed by atoms with Crippen LogP contribution in [0, 0.1) is 0 Å². The van der Waals surface area contributed by atoms with Crippen LogP contribution in [-0.2, 0) is 6.54 Å². The third-order valence-electron chi connectivity index (χ3n) is 2.51. The second kappa shape index (κ2) is 7.94. The lowest BCUT2D eigenvalue weighted by molar-refractivity contribution is 0.318. The van der Waals surface area contributed by atoms with Gasteiger partial charge in [0.15, 0.2) is 0 Å². The molecule has 0 fully saturated rings. The van der Waals surface area contributed by atoms with Crippen molar-refractivity contribution in [1.82, 2.24) is 4.90 Å². The van der Waals surface area contributed by atoms with Crippen molar-refractivity contribution in [2.24, 2.45) is 0 Å². The van der Waals surface area contributed by atoms with E-state index in [4.69, 9.17) is 23.2 Å². The second-order valence-electron chi connectivity index (χ2n) is 4.12. The Hall–Kier alpha value is -0.240. The SMILES string of the molecule is CN(CCCCCCl)Cc1cccc(Cl)c1. The van der Waals surface area contributed by atoms with Crippen LogP contribution in [0.3, 0.4) is 0 Å². The van der Waals surface area contributed by atoms with Gasteiger partial charge in [0.05, 0.1) is 0 Å². The van der Waals surface area contributed by atoms with E-state index in [1.807, 2.05) is 18.2 Å². The Labute approximate surface area is 108 Å². The van der Waals surface area contributed by atoms with E-state index in [9.17, 15) is 0 Å². The minimum atomic E-state index is 0.776. The summed E-state index contributed by atoms with van der Waals surface area (Å²) in [6.07, 6.45) is 3.54. The molecule has 0 spiro atoms. The molecule has 1 aromatic rings. The highest BCUT2D eigenvalue weighted by Gasteiger charge is 2.00. The molecular weight excluding hydrogens is 241 g/mol. The Morgan fingerprint density at radius 1 is 1.19 bits per heavy atom. The molecule has 3 heteroatoms. The molecule has 90 valence electrons. The third-order valence-corrected chi connectivity index (χ3v) is 3.02. The lowest BCUT2D eigenvalue weighted by Crippen LogP contribution is -2.19. The third kappa shape index (κ3) is 5.74. The molecule has 0 bridgehead atoms. The van der Waals surface area contributed by atoms with Crippen LogP contribution in [0.15, 0.2) is 24.3 Å². The van der Waals surface area contributed by atoms with E-state index in [0.29, 0.717) is 0 Å². The van der Waals surface area contributed by atoms with Crippen molar-refractivity contribution in [1.29, 1.82) is 0 Å². The van der Waals surface area contributed by atoms with Crippen molar-refractivity contribution >= 4 is 23.2 Å². The molecule has 0 saturated carbocycles. The lowest BCUT2D eigenvalue weighted by atomic mass is 10.2. The Kier molecular flexibility index (Phi) is 6.86. The zero-order valence-corrected chi connectivity index (χ0v) is 11.3. The molecule has 0 N–H and O–H groups in total. The summed E-state index contributed by atoms with van der Waals surface area (Å²) < 4.78 is 0. The van der Waals surface area contributed by atoms with Crippen LogP contribution in [0.25, 0.3) is 0 Å². The number of unbranched alkanes of at least 4 members (excludes halogenated alkanes) is 2. The highest BCUT2D eigenvalue weighted by molar-refractivity contribution is 6.30. The summed E-state index contributed by atoms with van der Waals surface area (Å²) in [5.41, 5.74) is 1.27. The summed E-state index contributed by atoms with van der Waals surface area (Å²) in [4.78, 5) is 2.32. The van der Waals surface area contributed by atoms with Crippen molar-refractivity contribution in [3.05, 3.63) is 34.9 Å². The number of nitrogens with zero attached hydrogens (tertiary/aromatic N) is 1. The molecule has 0 aliphatic rings. The predicted octanol–water partition coefficient (Wildman–Crippen LogP) is 4.18. The topological polar surface area (TPSA) is 3.24 Å². The largest absolute Gasteiger partial charge is 0.302 e. The van der Waals surface area contributed by atoms with Gasteiger partial charge < -0.3 is 4.90 Å². The summed E-state index contributed by atoms with van der Waals surface area (Å²) >= 11 is 11.6. The summed E-state index contributed by atoms with van der Waals surface area (Å²) in [6, 6.07) is 8.04. The Bertz CT molecular complexity index is 302. The quantitative estimate of drug-likeness (QED) is 0.525. The molecule has 1 rings (SSSR count). The van der Waals surface area contributed by atoms with E-state index in [1.54, 1.807) is 0 Å². The zero-order valence-electron chi connectivity index (χ0n) is 9.76. The maximum absolute atomic E-state index is 5.94. The number of benzene rings is 1. The van der Waals surface area contributed by atoms with Crippen LogP contribution in [0.5, 0.6) is 0 Å². The molecule has 0 unspecified atom stereocenters. The molecule has 0 atom stereocenters. The van der Waals surface area contributed by atoms with E-state index in [1.165, 1.54) is 18.4 Å². The first-order valence-corrected chi connectivity index (χ1v) is 6.62. The van der Waals surface area contributed by atoms with E-state index in [-0.39, 0.29) is 0 Å². The van der Waals surface area contributed by atoms with Crippen molar-refractivity contribution in [2.45, 2.75) is 25.8 Å². The maximum Gasteiger partial charge on any atom is 0.0409 e. The van der Waals surface area contributed by atoms with Crippen molar-refractivity contribution in [3.8, 4) is 0 Å². The Morgan fingerprint density at radius 2 is 2.00 bits per heavy atom. The van der Waals surface area contributed by atoms with E-state index in [0.717, 1.165) is 30.4 Å². The van der Waals surface area contributed by atoms with Crippen LogP contribution in [-0.4, -0.2) is 24.4 Å². The fourth-order valence-corrected chi connectivity index (χ4v) is 2.08. The zero-order chi connectivity index (χ0) is 11.8. The van der Waals surface area contributed by atoms with Gasteiger partial charge in [-0.3, -0.25) is 0 Å². The van der Waals surface area contributed by atoms with Gasteiger partial charge in [0, 0.05) is 17.4 Å². The number of alkyl halides is 1. The fourth-order valence-electron chi connectivity index (χ4n) is 1.68. The second-order valence-corrected chi connectivity index (χ2v) is 4.93.